The normalized spacial score (nSPS) is 36.5. The van der Waals surface area contributed by atoms with Crippen LogP contribution in [0.4, 0.5) is 0 Å². The summed E-state index contributed by atoms with van der Waals surface area (Å²) in [6, 6.07) is 8.14. The molecule has 0 saturated heterocycles. The van der Waals surface area contributed by atoms with Crippen LogP contribution in [-0.4, -0.2) is 51.8 Å². The first kappa shape index (κ1) is 28.5. The van der Waals surface area contributed by atoms with Gasteiger partial charge in [-0.15, -0.1) is 0 Å². The van der Waals surface area contributed by atoms with Crippen LogP contribution < -0.4 is 5.32 Å². The lowest BCUT2D eigenvalue weighted by Gasteiger charge is -2.59. The van der Waals surface area contributed by atoms with Gasteiger partial charge in [-0.3, -0.25) is 9.59 Å². The number of benzene rings is 1. The van der Waals surface area contributed by atoms with Crippen molar-refractivity contribution in [2.24, 2.45) is 33.7 Å². The summed E-state index contributed by atoms with van der Waals surface area (Å²) in [5.74, 6) is -0.306. The first-order chi connectivity index (χ1) is 19.0. The molecule has 40 heavy (non-hydrogen) atoms. The van der Waals surface area contributed by atoms with Crippen LogP contribution in [-0.2, 0) is 25.6 Å². The summed E-state index contributed by atoms with van der Waals surface area (Å²) in [5, 5.41) is 27.7. The van der Waals surface area contributed by atoms with E-state index >= 15 is 0 Å². The number of oxime groups is 1. The highest BCUT2D eigenvalue weighted by Crippen LogP contribution is 2.67. The maximum absolute atomic E-state index is 12.5. The molecule has 3 N–H and O–H groups in total. The van der Waals surface area contributed by atoms with Crippen LogP contribution in [0.1, 0.15) is 77.7 Å². The van der Waals surface area contributed by atoms with Gasteiger partial charge in [0, 0.05) is 11.8 Å². The van der Waals surface area contributed by atoms with Crippen LogP contribution in [0.2, 0.25) is 0 Å². The van der Waals surface area contributed by atoms with Gasteiger partial charge < -0.3 is 20.4 Å². The number of rotatable bonds is 8. The molecule has 4 aliphatic carbocycles. The lowest BCUT2D eigenvalue weighted by atomic mass is 9.46. The van der Waals surface area contributed by atoms with Gasteiger partial charge in [0.15, 0.2) is 12.4 Å². The summed E-state index contributed by atoms with van der Waals surface area (Å²) < 4.78 is 0. The van der Waals surface area contributed by atoms with E-state index in [0.29, 0.717) is 24.2 Å². The molecular weight excluding hydrogens is 508 g/mol. The zero-order chi connectivity index (χ0) is 28.7. The topological polar surface area (TPSA) is 125 Å². The van der Waals surface area contributed by atoms with E-state index in [9.17, 15) is 24.6 Å². The first-order valence-corrected chi connectivity index (χ1v) is 14.7. The maximum atomic E-state index is 12.5. The highest BCUT2D eigenvalue weighted by molar-refractivity contribution is 5.96. The number of aliphatic hydroxyl groups is 1. The van der Waals surface area contributed by atoms with E-state index in [2.05, 4.69) is 30.4 Å². The number of hydrogen-bond donors (Lipinski definition) is 3. The lowest BCUT2D eigenvalue weighted by Crippen LogP contribution is -2.57. The second-order valence-electron chi connectivity index (χ2n) is 12.9. The van der Waals surface area contributed by atoms with Gasteiger partial charge in [-0.2, -0.15) is 0 Å². The van der Waals surface area contributed by atoms with Crippen LogP contribution in [0.15, 0.2) is 47.1 Å². The average Bonchev–Trinajstić information content (AvgIpc) is 3.20. The first-order valence-electron chi connectivity index (χ1n) is 14.7. The number of allylic oxidation sites excluding steroid dienone is 2. The molecule has 0 bridgehead atoms. The predicted octanol–water partition coefficient (Wildman–Crippen LogP) is 4.45. The number of hydrogen-bond acceptors (Lipinski definition) is 6. The molecule has 3 fully saturated rings. The van der Waals surface area contributed by atoms with Gasteiger partial charge in [0.25, 0.3) is 5.91 Å². The number of Topliss-reactive ketones (excluding diaryl/α,β-unsaturated/α-hetero) is 1. The fourth-order valence-corrected chi connectivity index (χ4v) is 8.70. The van der Waals surface area contributed by atoms with Crippen molar-refractivity contribution in [3.8, 4) is 0 Å². The molecule has 0 heterocycles. The molecule has 3 saturated carbocycles. The maximum Gasteiger partial charge on any atom is 0.326 e. The molecule has 216 valence electrons. The van der Waals surface area contributed by atoms with E-state index < -0.39 is 23.5 Å². The molecule has 0 aromatic heterocycles. The second kappa shape index (κ2) is 10.8. The number of ketones is 1. The Labute approximate surface area is 236 Å². The Morgan fingerprint density at radius 3 is 2.48 bits per heavy atom. The van der Waals surface area contributed by atoms with Gasteiger partial charge in [0.2, 0.25) is 0 Å². The minimum atomic E-state index is -1.19. The molecule has 0 aliphatic heterocycles. The van der Waals surface area contributed by atoms with Gasteiger partial charge in [-0.25, -0.2) is 4.79 Å². The third kappa shape index (κ3) is 4.89. The van der Waals surface area contributed by atoms with E-state index in [1.807, 2.05) is 30.3 Å². The number of carbonyl (C=O) groups excluding carboxylic acids is 2. The fourth-order valence-electron chi connectivity index (χ4n) is 8.70. The molecule has 4 aliphatic rings. The number of nitrogens with one attached hydrogen (secondary N) is 1. The van der Waals surface area contributed by atoms with Gasteiger partial charge in [0.1, 0.15) is 11.6 Å². The smallest absolute Gasteiger partial charge is 0.326 e. The molecule has 5 rings (SSSR count). The summed E-state index contributed by atoms with van der Waals surface area (Å²) in [6.45, 7) is 5.72. The monoisotopic (exact) mass is 550 g/mol. The van der Waals surface area contributed by atoms with Crippen molar-refractivity contribution < 1.29 is 29.4 Å². The molecule has 1 amide bonds. The zero-order valence-corrected chi connectivity index (χ0v) is 23.8. The highest BCUT2D eigenvalue weighted by Gasteiger charge is 2.65. The third-order valence-corrected chi connectivity index (χ3v) is 11.0. The Kier molecular flexibility index (Phi) is 7.68. The third-order valence-electron chi connectivity index (χ3n) is 11.0. The molecule has 8 heteroatoms. The molecule has 0 unspecified atom stereocenters. The van der Waals surface area contributed by atoms with Crippen LogP contribution >= 0.6 is 0 Å². The second-order valence-corrected chi connectivity index (χ2v) is 12.9. The molecule has 1 aromatic rings. The number of nitrogens with zero attached hydrogens (tertiary/aromatic N) is 1. The number of carboxylic acid groups (broad SMARTS) is 1. The summed E-state index contributed by atoms with van der Waals surface area (Å²) in [7, 11) is 0. The van der Waals surface area contributed by atoms with E-state index in [4.69, 9.17) is 4.84 Å². The largest absolute Gasteiger partial charge is 0.480 e. The number of aliphatic carboxylic acids is 1. The SMILES string of the molecule is CC(=O)[C@]1(O)CC[C@@H]2[C@@H]3CCC4=CC(=NOCC(=O)N[C@H](Cc5ccccc5)C(=O)O)CC[C@]4(C)[C@@H]3CC[C@@]21C. The Morgan fingerprint density at radius 2 is 1.77 bits per heavy atom. The van der Waals surface area contributed by atoms with Crippen LogP contribution in [0.25, 0.3) is 0 Å². The summed E-state index contributed by atoms with van der Waals surface area (Å²) in [4.78, 5) is 41.9. The molecule has 8 nitrogen and oxygen atoms in total. The van der Waals surface area contributed by atoms with Crippen molar-refractivity contribution >= 4 is 23.4 Å². The summed E-state index contributed by atoms with van der Waals surface area (Å²) >= 11 is 0. The van der Waals surface area contributed by atoms with Crippen molar-refractivity contribution in [1.29, 1.82) is 0 Å². The number of fused-ring (bicyclic) bond motifs is 5. The summed E-state index contributed by atoms with van der Waals surface area (Å²) in [6.07, 6.45) is 9.42. The summed E-state index contributed by atoms with van der Waals surface area (Å²) in [5.41, 5.74) is 1.54. The van der Waals surface area contributed by atoms with Crippen LogP contribution in [0.5, 0.6) is 0 Å². The van der Waals surface area contributed by atoms with E-state index in [1.165, 1.54) is 5.57 Å². The van der Waals surface area contributed by atoms with Crippen molar-refractivity contribution in [1.82, 2.24) is 5.32 Å². The molecule has 1 aromatic carbocycles. The van der Waals surface area contributed by atoms with Crippen molar-refractivity contribution in [2.75, 3.05) is 6.61 Å². The molecular formula is C32H42N2O6. The minimum absolute atomic E-state index is 0.0592. The molecule has 0 spiro atoms. The Hall–Kier alpha value is -3.00. The van der Waals surface area contributed by atoms with Crippen molar-refractivity contribution in [3.05, 3.63) is 47.5 Å². The minimum Gasteiger partial charge on any atom is -0.480 e. The van der Waals surface area contributed by atoms with Gasteiger partial charge >= 0.3 is 5.97 Å². The van der Waals surface area contributed by atoms with Crippen LogP contribution in [0, 0.1) is 28.6 Å². The van der Waals surface area contributed by atoms with Crippen molar-refractivity contribution in [3.63, 3.8) is 0 Å². The van der Waals surface area contributed by atoms with Gasteiger partial charge in [-0.05, 0) is 93.1 Å². The average molecular weight is 551 g/mol. The number of carboxylic acids is 1. The van der Waals surface area contributed by atoms with Crippen molar-refractivity contribution in [2.45, 2.75) is 90.2 Å². The highest BCUT2D eigenvalue weighted by atomic mass is 16.6. The van der Waals surface area contributed by atoms with E-state index in [-0.39, 0.29) is 29.6 Å². The zero-order valence-electron chi connectivity index (χ0n) is 23.8. The fraction of sp³-hybridized carbons (Fsp3) is 0.625. The lowest BCUT2D eigenvalue weighted by molar-refractivity contribution is -0.159. The van der Waals surface area contributed by atoms with Crippen LogP contribution in [0.3, 0.4) is 0 Å². The predicted molar refractivity (Wildman–Crippen MR) is 150 cm³/mol. The van der Waals surface area contributed by atoms with Gasteiger partial charge in [0.05, 0.1) is 5.71 Å². The Balaban J connectivity index is 1.20. The van der Waals surface area contributed by atoms with E-state index in [0.717, 1.165) is 56.2 Å². The standard InChI is InChI=1S/C32H42N2O6/c1-20(35)32(39)16-13-26-24-10-9-22-18-23(11-14-30(22,2)25(24)12-15-31(26,32)3)34-40-19-28(36)33-27(29(37)38)17-21-7-5-4-6-8-21/h4-8,18,24-27,39H,9-17,19H2,1-3H3,(H,33,36)(H,37,38)/t24-,25-,26-,27-,30+,31+,32-/m1/s1. The Bertz CT molecular complexity index is 1230. The number of amides is 1. The van der Waals surface area contributed by atoms with E-state index in [1.54, 1.807) is 6.92 Å². The van der Waals surface area contributed by atoms with Gasteiger partial charge in [-0.1, -0.05) is 54.9 Å². The number of carbonyl (C=O) groups is 3. The molecule has 0 radical (unpaired) electrons. The Morgan fingerprint density at radius 1 is 1.05 bits per heavy atom. The molecule has 7 atom stereocenters. The quantitative estimate of drug-likeness (QED) is 0.411.